The second-order valence-corrected chi connectivity index (χ2v) is 14.6. The van der Waals surface area contributed by atoms with Crippen molar-refractivity contribution in [2.45, 2.75) is 148 Å². The number of nitrogens with two attached hydrogens (primary N) is 1. The van der Waals surface area contributed by atoms with Crippen LogP contribution in [0.15, 0.2) is 97.2 Å². The Morgan fingerprint density at radius 2 is 0.927 bits per heavy atom. The van der Waals surface area contributed by atoms with Crippen LogP contribution in [0.4, 0.5) is 0 Å². The number of carbonyl (C=O) groups is 2. The molecule has 10 heteroatoms. The van der Waals surface area contributed by atoms with Crippen LogP contribution in [-0.2, 0) is 32.7 Å². The van der Waals surface area contributed by atoms with Crippen LogP contribution in [0.2, 0.25) is 0 Å². The van der Waals surface area contributed by atoms with Crippen LogP contribution >= 0.6 is 7.82 Å². The van der Waals surface area contributed by atoms with Crippen molar-refractivity contribution >= 4 is 19.8 Å². The van der Waals surface area contributed by atoms with Crippen LogP contribution in [0.3, 0.4) is 0 Å². The summed E-state index contributed by atoms with van der Waals surface area (Å²) in [5.41, 5.74) is 5.33. The molecule has 0 aromatic heterocycles. The molecule has 0 amide bonds. The van der Waals surface area contributed by atoms with Gasteiger partial charge in [-0.25, -0.2) is 4.57 Å². The normalized spacial score (nSPS) is 14.3. The van der Waals surface area contributed by atoms with Gasteiger partial charge >= 0.3 is 19.8 Å². The number of phosphoric ester groups is 1. The third-order valence-corrected chi connectivity index (χ3v) is 8.93. The van der Waals surface area contributed by atoms with Crippen molar-refractivity contribution in [2.75, 3.05) is 26.4 Å². The van der Waals surface area contributed by atoms with E-state index in [1.165, 1.54) is 44.9 Å². The fourth-order valence-electron chi connectivity index (χ4n) is 4.85. The number of phosphoric acid groups is 1. The third kappa shape index (κ3) is 40.4. The first-order valence-electron chi connectivity index (χ1n) is 20.7. The van der Waals surface area contributed by atoms with Gasteiger partial charge in [-0.1, -0.05) is 137 Å². The van der Waals surface area contributed by atoms with Gasteiger partial charge in [0.05, 0.1) is 13.2 Å². The Kier molecular flexibility index (Phi) is 38.3. The van der Waals surface area contributed by atoms with E-state index >= 15 is 0 Å². The highest BCUT2D eigenvalue weighted by molar-refractivity contribution is 7.47. The topological polar surface area (TPSA) is 134 Å². The minimum atomic E-state index is -4.41. The molecule has 0 bridgehead atoms. The minimum Gasteiger partial charge on any atom is -0.462 e. The van der Waals surface area contributed by atoms with Crippen molar-refractivity contribution in [2.24, 2.45) is 5.73 Å². The van der Waals surface area contributed by atoms with Gasteiger partial charge < -0.3 is 20.1 Å². The molecule has 0 fully saturated rings. The van der Waals surface area contributed by atoms with Crippen LogP contribution in [-0.4, -0.2) is 49.3 Å². The highest BCUT2D eigenvalue weighted by atomic mass is 31.2. The number of carbonyl (C=O) groups excluding carboxylic acids is 2. The standard InChI is InChI=1S/C45H74NO8P/c1-3-5-7-9-11-13-15-17-19-21-23-25-27-29-31-33-35-37-44(47)51-41-43(42-53-55(49,50)52-40-39-46)54-45(48)38-36-34-32-30-28-26-24-22-20-18-16-14-12-10-8-6-4-2/h11-14,17-20,23-26,29-32,43H,3-10,15-16,21-22,27-28,33-42,46H2,1-2H3,(H,49,50)/b13-11-,14-12-,19-17-,20-18-,25-23-,26-24-,31-29-,32-30-/t43-/m0/s1. The van der Waals surface area contributed by atoms with Crippen LogP contribution in [0.1, 0.15) is 142 Å². The van der Waals surface area contributed by atoms with E-state index < -0.39 is 32.5 Å². The summed E-state index contributed by atoms with van der Waals surface area (Å²) in [6.07, 6.45) is 51.6. The molecule has 0 saturated heterocycles. The molecule has 0 aliphatic rings. The van der Waals surface area contributed by atoms with E-state index in [1.54, 1.807) is 0 Å². The number of unbranched alkanes of at least 4 members (excludes halogenated alkanes) is 8. The van der Waals surface area contributed by atoms with Gasteiger partial charge in [-0.2, -0.15) is 0 Å². The lowest BCUT2D eigenvalue weighted by atomic mass is 10.2. The van der Waals surface area contributed by atoms with E-state index in [0.717, 1.165) is 51.4 Å². The summed E-state index contributed by atoms with van der Waals surface area (Å²) >= 11 is 0. The van der Waals surface area contributed by atoms with Gasteiger partial charge in [0.25, 0.3) is 0 Å². The highest BCUT2D eigenvalue weighted by Gasteiger charge is 2.25. The zero-order valence-electron chi connectivity index (χ0n) is 34.1. The fourth-order valence-corrected chi connectivity index (χ4v) is 5.62. The maximum Gasteiger partial charge on any atom is 0.472 e. The van der Waals surface area contributed by atoms with Gasteiger partial charge in [0.15, 0.2) is 6.10 Å². The molecule has 1 unspecified atom stereocenters. The zero-order chi connectivity index (χ0) is 40.3. The number of esters is 2. The SMILES string of the molecule is CCCCC/C=C\C/C=C\C/C=C\C/C=C\CCCC(=O)OC[C@@H](COP(=O)(O)OCCN)OC(=O)CCC/C=C\C/C=C\C/C=C\C/C=C\CCCCC. The molecule has 0 radical (unpaired) electrons. The maximum atomic E-state index is 12.5. The lowest BCUT2D eigenvalue weighted by molar-refractivity contribution is -0.161. The van der Waals surface area contributed by atoms with Crippen LogP contribution < -0.4 is 5.73 Å². The molecule has 0 aromatic carbocycles. The summed E-state index contributed by atoms with van der Waals surface area (Å²) < 4.78 is 32.6. The minimum absolute atomic E-state index is 0.0322. The van der Waals surface area contributed by atoms with Gasteiger partial charge in [0.2, 0.25) is 0 Å². The third-order valence-electron chi connectivity index (χ3n) is 7.94. The summed E-state index contributed by atoms with van der Waals surface area (Å²) in [6.45, 7) is 3.52. The van der Waals surface area contributed by atoms with E-state index in [-0.39, 0.29) is 32.6 Å². The summed E-state index contributed by atoms with van der Waals surface area (Å²) in [5.74, 6) is -0.972. The molecule has 0 saturated carbocycles. The fraction of sp³-hybridized carbons (Fsp3) is 0.600. The average Bonchev–Trinajstić information content (AvgIpc) is 3.17. The lowest BCUT2D eigenvalue weighted by Crippen LogP contribution is -2.29. The molecule has 55 heavy (non-hydrogen) atoms. The van der Waals surface area contributed by atoms with E-state index in [4.69, 9.17) is 24.3 Å². The Balaban J connectivity index is 4.40. The Labute approximate surface area is 334 Å². The monoisotopic (exact) mass is 788 g/mol. The number of ether oxygens (including phenoxy) is 2. The molecular formula is C45H74NO8P. The van der Waals surface area contributed by atoms with E-state index in [0.29, 0.717) is 19.3 Å². The molecule has 312 valence electrons. The number of allylic oxidation sites excluding steroid dienone is 16. The van der Waals surface area contributed by atoms with Crippen molar-refractivity contribution in [3.05, 3.63) is 97.2 Å². The molecule has 0 heterocycles. The first-order chi connectivity index (χ1) is 26.8. The second-order valence-electron chi connectivity index (χ2n) is 13.1. The predicted octanol–water partition coefficient (Wildman–Crippen LogP) is 11.8. The smallest absolute Gasteiger partial charge is 0.462 e. The van der Waals surface area contributed by atoms with Crippen LogP contribution in [0.5, 0.6) is 0 Å². The van der Waals surface area contributed by atoms with Crippen LogP contribution in [0, 0.1) is 0 Å². The molecule has 9 nitrogen and oxygen atoms in total. The van der Waals surface area contributed by atoms with Crippen LogP contribution in [0.25, 0.3) is 0 Å². The van der Waals surface area contributed by atoms with Gasteiger partial charge in [-0.15, -0.1) is 0 Å². The van der Waals surface area contributed by atoms with E-state index in [1.807, 2.05) is 12.2 Å². The summed E-state index contributed by atoms with van der Waals surface area (Å²) in [6, 6.07) is 0. The molecule has 0 rings (SSSR count). The van der Waals surface area contributed by atoms with E-state index in [9.17, 15) is 19.0 Å². The van der Waals surface area contributed by atoms with Crippen molar-refractivity contribution in [3.8, 4) is 0 Å². The predicted molar refractivity (Wildman–Crippen MR) is 228 cm³/mol. The Morgan fingerprint density at radius 1 is 0.545 bits per heavy atom. The molecule has 0 aromatic rings. The van der Waals surface area contributed by atoms with Crippen molar-refractivity contribution in [1.82, 2.24) is 0 Å². The van der Waals surface area contributed by atoms with Crippen molar-refractivity contribution in [1.29, 1.82) is 0 Å². The zero-order valence-corrected chi connectivity index (χ0v) is 35.0. The van der Waals surface area contributed by atoms with Crippen molar-refractivity contribution < 1.29 is 37.6 Å². The molecule has 0 aliphatic heterocycles. The second kappa shape index (κ2) is 40.6. The van der Waals surface area contributed by atoms with E-state index in [2.05, 4.69) is 98.9 Å². The first-order valence-corrected chi connectivity index (χ1v) is 22.2. The molecular weight excluding hydrogens is 713 g/mol. The number of rotatable bonds is 37. The molecule has 0 aliphatic carbocycles. The Hall–Kier alpha value is -3.07. The summed E-state index contributed by atoms with van der Waals surface area (Å²) in [7, 11) is -4.41. The molecule has 2 atom stereocenters. The summed E-state index contributed by atoms with van der Waals surface area (Å²) in [4.78, 5) is 34.8. The Bertz CT molecular complexity index is 1220. The summed E-state index contributed by atoms with van der Waals surface area (Å²) in [5, 5.41) is 0. The van der Waals surface area contributed by atoms with Gasteiger partial charge in [0.1, 0.15) is 6.61 Å². The maximum absolute atomic E-state index is 12.5. The molecule has 3 N–H and O–H groups in total. The molecule has 0 spiro atoms. The first kappa shape index (κ1) is 51.9. The highest BCUT2D eigenvalue weighted by Crippen LogP contribution is 2.43. The van der Waals surface area contributed by atoms with Gasteiger partial charge in [-0.3, -0.25) is 18.6 Å². The van der Waals surface area contributed by atoms with Gasteiger partial charge in [-0.05, 0) is 89.9 Å². The van der Waals surface area contributed by atoms with Crippen molar-refractivity contribution in [3.63, 3.8) is 0 Å². The average molecular weight is 788 g/mol. The van der Waals surface area contributed by atoms with Gasteiger partial charge in [0, 0.05) is 19.4 Å². The Morgan fingerprint density at radius 3 is 1.33 bits per heavy atom. The lowest BCUT2D eigenvalue weighted by Gasteiger charge is -2.19. The quantitative estimate of drug-likeness (QED) is 0.0273. The number of hydrogen-bond donors (Lipinski definition) is 2. The largest absolute Gasteiger partial charge is 0.472 e. The number of hydrogen-bond acceptors (Lipinski definition) is 8.